The molecular formula is C13H8ClFN2O4. The molecule has 6 nitrogen and oxygen atoms in total. The van der Waals surface area contributed by atoms with Crippen molar-refractivity contribution in [1.29, 1.82) is 0 Å². The van der Waals surface area contributed by atoms with Crippen molar-refractivity contribution in [2.24, 2.45) is 0 Å². The molecule has 2 N–H and O–H groups in total. The Morgan fingerprint density at radius 3 is 2.48 bits per heavy atom. The first-order valence-corrected chi connectivity index (χ1v) is 6.00. The van der Waals surface area contributed by atoms with Crippen LogP contribution in [0.3, 0.4) is 0 Å². The lowest BCUT2D eigenvalue weighted by molar-refractivity contribution is -0.384. The molecule has 108 valence electrons. The molecule has 0 spiro atoms. The zero-order valence-electron chi connectivity index (χ0n) is 10.3. The normalized spacial score (nSPS) is 10.2. The highest BCUT2D eigenvalue weighted by molar-refractivity contribution is 6.31. The van der Waals surface area contributed by atoms with Crippen LogP contribution in [0.15, 0.2) is 36.4 Å². The van der Waals surface area contributed by atoms with Gasteiger partial charge in [0.1, 0.15) is 11.6 Å². The third kappa shape index (κ3) is 3.26. The van der Waals surface area contributed by atoms with Gasteiger partial charge >= 0.3 is 0 Å². The van der Waals surface area contributed by atoms with Crippen molar-refractivity contribution in [3.8, 4) is 5.75 Å². The van der Waals surface area contributed by atoms with E-state index in [9.17, 15) is 24.4 Å². The fraction of sp³-hybridized carbons (Fsp3) is 0. The van der Waals surface area contributed by atoms with Crippen LogP contribution in [0.25, 0.3) is 0 Å². The standard InChI is InChI=1S/C13H8ClFN2O4/c14-10-5-9(12(18)6-11(10)15)13(19)16-7-1-3-8(4-2-7)17(20)21/h1-6,18H,(H,16,19). The van der Waals surface area contributed by atoms with E-state index < -0.39 is 22.4 Å². The number of hydrogen-bond donors (Lipinski definition) is 2. The van der Waals surface area contributed by atoms with Crippen molar-refractivity contribution >= 4 is 28.9 Å². The minimum Gasteiger partial charge on any atom is -0.507 e. The largest absolute Gasteiger partial charge is 0.507 e. The number of amides is 1. The van der Waals surface area contributed by atoms with Crippen LogP contribution in [0, 0.1) is 15.9 Å². The second-order valence-electron chi connectivity index (χ2n) is 4.04. The van der Waals surface area contributed by atoms with Gasteiger partial charge in [0.25, 0.3) is 11.6 Å². The van der Waals surface area contributed by atoms with Crippen molar-refractivity contribution in [2.75, 3.05) is 5.32 Å². The van der Waals surface area contributed by atoms with Gasteiger partial charge in [0.15, 0.2) is 0 Å². The van der Waals surface area contributed by atoms with E-state index in [1.807, 2.05) is 0 Å². The van der Waals surface area contributed by atoms with Gasteiger partial charge < -0.3 is 10.4 Å². The number of rotatable bonds is 3. The summed E-state index contributed by atoms with van der Waals surface area (Å²) in [5.41, 5.74) is -0.0501. The maximum atomic E-state index is 13.1. The number of hydrogen-bond acceptors (Lipinski definition) is 4. The van der Waals surface area contributed by atoms with Gasteiger partial charge in [0.05, 0.1) is 15.5 Å². The van der Waals surface area contributed by atoms with E-state index in [-0.39, 0.29) is 22.0 Å². The molecule has 0 saturated heterocycles. The van der Waals surface area contributed by atoms with Crippen LogP contribution in [0.4, 0.5) is 15.8 Å². The highest BCUT2D eigenvalue weighted by atomic mass is 35.5. The fourth-order valence-electron chi connectivity index (χ4n) is 1.58. The zero-order valence-corrected chi connectivity index (χ0v) is 11.1. The lowest BCUT2D eigenvalue weighted by Gasteiger charge is -2.07. The van der Waals surface area contributed by atoms with Crippen LogP contribution in [-0.4, -0.2) is 15.9 Å². The minimum absolute atomic E-state index is 0.124. The molecule has 0 atom stereocenters. The summed E-state index contributed by atoms with van der Waals surface area (Å²) in [7, 11) is 0. The summed E-state index contributed by atoms with van der Waals surface area (Å²) in [5, 5.41) is 22.1. The van der Waals surface area contributed by atoms with E-state index in [0.717, 1.165) is 12.1 Å². The molecule has 0 unspecified atom stereocenters. The van der Waals surface area contributed by atoms with Crippen LogP contribution in [-0.2, 0) is 0 Å². The molecule has 0 radical (unpaired) electrons. The Morgan fingerprint density at radius 2 is 1.90 bits per heavy atom. The molecule has 0 aromatic heterocycles. The van der Waals surface area contributed by atoms with Gasteiger partial charge in [-0.05, 0) is 18.2 Å². The molecule has 0 fully saturated rings. The number of benzene rings is 2. The van der Waals surface area contributed by atoms with E-state index in [1.54, 1.807) is 0 Å². The molecule has 0 aliphatic carbocycles. The van der Waals surface area contributed by atoms with E-state index in [1.165, 1.54) is 24.3 Å². The van der Waals surface area contributed by atoms with Gasteiger partial charge in [-0.25, -0.2) is 4.39 Å². The second kappa shape index (κ2) is 5.76. The quantitative estimate of drug-likeness (QED) is 0.671. The Morgan fingerprint density at radius 1 is 1.29 bits per heavy atom. The first kappa shape index (κ1) is 14.7. The highest BCUT2D eigenvalue weighted by Crippen LogP contribution is 2.26. The van der Waals surface area contributed by atoms with Crippen LogP contribution in [0.5, 0.6) is 5.75 Å². The summed E-state index contributed by atoms with van der Waals surface area (Å²) in [6, 6.07) is 6.82. The fourth-order valence-corrected chi connectivity index (χ4v) is 1.75. The second-order valence-corrected chi connectivity index (χ2v) is 4.45. The number of nitro groups is 1. The van der Waals surface area contributed by atoms with E-state index in [4.69, 9.17) is 11.6 Å². The number of carbonyl (C=O) groups excluding carboxylic acids is 1. The molecule has 0 saturated carbocycles. The molecule has 2 aromatic rings. The van der Waals surface area contributed by atoms with Crippen LogP contribution in [0.1, 0.15) is 10.4 Å². The third-order valence-electron chi connectivity index (χ3n) is 2.62. The summed E-state index contributed by atoms with van der Waals surface area (Å²) < 4.78 is 13.1. The SMILES string of the molecule is O=C(Nc1ccc([N+](=O)[O-])cc1)c1cc(Cl)c(F)cc1O. The van der Waals surface area contributed by atoms with Crippen LogP contribution >= 0.6 is 11.6 Å². The summed E-state index contributed by atoms with van der Waals surface area (Å²) in [5.74, 6) is -2.12. The lowest BCUT2D eigenvalue weighted by Crippen LogP contribution is -2.12. The summed E-state index contributed by atoms with van der Waals surface area (Å²) in [4.78, 5) is 21.9. The number of nitrogens with zero attached hydrogens (tertiary/aromatic N) is 1. The van der Waals surface area contributed by atoms with Gasteiger partial charge in [0, 0.05) is 23.9 Å². The predicted molar refractivity (Wildman–Crippen MR) is 74.1 cm³/mol. The maximum Gasteiger partial charge on any atom is 0.269 e. The number of anilines is 1. The number of nitro benzene ring substituents is 1. The van der Waals surface area contributed by atoms with E-state index in [0.29, 0.717) is 0 Å². The average Bonchev–Trinajstić information content (AvgIpc) is 2.43. The van der Waals surface area contributed by atoms with Crippen molar-refractivity contribution in [2.45, 2.75) is 0 Å². The first-order chi connectivity index (χ1) is 9.88. The zero-order chi connectivity index (χ0) is 15.6. The molecule has 1 amide bonds. The van der Waals surface area contributed by atoms with Crippen molar-refractivity contribution in [3.63, 3.8) is 0 Å². The molecule has 0 bridgehead atoms. The molecule has 0 aliphatic rings. The van der Waals surface area contributed by atoms with Crippen molar-refractivity contribution in [3.05, 3.63) is 62.9 Å². The number of phenols is 1. The highest BCUT2D eigenvalue weighted by Gasteiger charge is 2.15. The summed E-state index contributed by atoms with van der Waals surface area (Å²) >= 11 is 5.55. The average molecular weight is 311 g/mol. The Labute approximate surface area is 122 Å². The van der Waals surface area contributed by atoms with Crippen LogP contribution in [0.2, 0.25) is 5.02 Å². The van der Waals surface area contributed by atoms with E-state index >= 15 is 0 Å². The number of phenolic OH excluding ortho intramolecular Hbond substituents is 1. The topological polar surface area (TPSA) is 92.5 Å². The van der Waals surface area contributed by atoms with Crippen molar-refractivity contribution < 1.29 is 19.2 Å². The molecule has 0 heterocycles. The van der Waals surface area contributed by atoms with Crippen LogP contribution < -0.4 is 5.32 Å². The minimum atomic E-state index is -0.846. The van der Waals surface area contributed by atoms with Gasteiger partial charge in [-0.1, -0.05) is 11.6 Å². The Bertz CT molecular complexity index is 719. The molecule has 2 rings (SSSR count). The van der Waals surface area contributed by atoms with Gasteiger partial charge in [-0.15, -0.1) is 0 Å². The van der Waals surface area contributed by atoms with Crippen molar-refractivity contribution in [1.82, 2.24) is 0 Å². The summed E-state index contributed by atoms with van der Waals surface area (Å²) in [6.45, 7) is 0. The Kier molecular flexibility index (Phi) is 4.04. The van der Waals surface area contributed by atoms with E-state index in [2.05, 4.69) is 5.32 Å². The first-order valence-electron chi connectivity index (χ1n) is 5.62. The molecular weight excluding hydrogens is 303 g/mol. The Balaban J connectivity index is 2.22. The van der Waals surface area contributed by atoms with Gasteiger partial charge in [-0.2, -0.15) is 0 Å². The Hall–Kier alpha value is -2.67. The smallest absolute Gasteiger partial charge is 0.269 e. The molecule has 0 aliphatic heterocycles. The molecule has 21 heavy (non-hydrogen) atoms. The lowest BCUT2D eigenvalue weighted by atomic mass is 10.1. The van der Waals surface area contributed by atoms with Gasteiger partial charge in [0.2, 0.25) is 0 Å². The van der Waals surface area contributed by atoms with Gasteiger partial charge in [-0.3, -0.25) is 14.9 Å². The number of aromatic hydroxyl groups is 1. The number of nitrogens with one attached hydrogen (secondary N) is 1. The maximum absolute atomic E-state index is 13.1. The molecule has 2 aromatic carbocycles. The number of non-ortho nitro benzene ring substituents is 1. The number of carbonyl (C=O) groups is 1. The molecule has 8 heteroatoms. The number of halogens is 2. The monoisotopic (exact) mass is 310 g/mol. The third-order valence-corrected chi connectivity index (χ3v) is 2.91. The predicted octanol–water partition coefficient (Wildman–Crippen LogP) is 3.35. The summed E-state index contributed by atoms with van der Waals surface area (Å²) in [6.07, 6.45) is 0.